The Kier molecular flexibility index (Phi) is 1.73. The van der Waals surface area contributed by atoms with Gasteiger partial charge in [0.2, 0.25) is 0 Å². The summed E-state index contributed by atoms with van der Waals surface area (Å²) in [4.78, 5) is 4.19. The standard InChI is InChI=1S/C7H9NO2S2/c1-5-8-6-3-2-4-12(9,10)7(6)11-5/h2-4H2,1H3. The van der Waals surface area contributed by atoms with E-state index in [9.17, 15) is 8.42 Å². The predicted octanol–water partition coefficient (Wildman–Crippen LogP) is 1.17. The molecule has 2 heterocycles. The van der Waals surface area contributed by atoms with E-state index in [1.807, 2.05) is 6.92 Å². The minimum absolute atomic E-state index is 0.293. The molecule has 0 aliphatic carbocycles. The molecule has 0 saturated carbocycles. The zero-order chi connectivity index (χ0) is 8.77. The van der Waals surface area contributed by atoms with Gasteiger partial charge in [0.1, 0.15) is 4.21 Å². The molecule has 5 heteroatoms. The van der Waals surface area contributed by atoms with Crippen LogP contribution in [0.1, 0.15) is 17.1 Å². The van der Waals surface area contributed by atoms with Gasteiger partial charge in [-0.25, -0.2) is 13.4 Å². The van der Waals surface area contributed by atoms with E-state index in [2.05, 4.69) is 4.98 Å². The molecule has 0 N–H and O–H groups in total. The summed E-state index contributed by atoms with van der Waals surface area (Å²) in [6, 6.07) is 0. The Balaban J connectivity index is 2.67. The van der Waals surface area contributed by atoms with Crippen LogP contribution in [0.25, 0.3) is 0 Å². The first-order valence-electron chi connectivity index (χ1n) is 3.79. The highest BCUT2D eigenvalue weighted by Gasteiger charge is 2.26. The van der Waals surface area contributed by atoms with Gasteiger partial charge in [0, 0.05) is 0 Å². The first kappa shape index (κ1) is 8.19. The second kappa shape index (κ2) is 2.53. The molecule has 1 aliphatic rings. The molecule has 3 nitrogen and oxygen atoms in total. The predicted molar refractivity (Wildman–Crippen MR) is 47.2 cm³/mol. The van der Waals surface area contributed by atoms with E-state index in [1.165, 1.54) is 11.3 Å². The normalized spacial score (nSPS) is 20.4. The smallest absolute Gasteiger partial charge is 0.189 e. The molecule has 0 aromatic carbocycles. The summed E-state index contributed by atoms with van der Waals surface area (Å²) >= 11 is 1.30. The third-order valence-electron chi connectivity index (χ3n) is 1.88. The van der Waals surface area contributed by atoms with Gasteiger partial charge in [-0.2, -0.15) is 0 Å². The number of hydrogen-bond acceptors (Lipinski definition) is 4. The average Bonchev–Trinajstić information content (AvgIpc) is 2.30. The summed E-state index contributed by atoms with van der Waals surface area (Å²) in [6.45, 7) is 1.85. The Morgan fingerprint density at radius 3 is 2.92 bits per heavy atom. The highest BCUT2D eigenvalue weighted by Crippen LogP contribution is 2.29. The van der Waals surface area contributed by atoms with Crippen LogP contribution in [0.2, 0.25) is 0 Å². The number of fused-ring (bicyclic) bond motifs is 1. The Bertz CT molecular complexity index is 405. The maximum atomic E-state index is 11.5. The lowest BCUT2D eigenvalue weighted by Crippen LogP contribution is -2.13. The molecule has 12 heavy (non-hydrogen) atoms. The average molecular weight is 203 g/mol. The van der Waals surface area contributed by atoms with Crippen molar-refractivity contribution in [1.29, 1.82) is 0 Å². The van der Waals surface area contributed by atoms with Crippen molar-refractivity contribution in [3.63, 3.8) is 0 Å². The molecule has 66 valence electrons. The van der Waals surface area contributed by atoms with Crippen LogP contribution in [-0.2, 0) is 16.3 Å². The number of nitrogens with zero attached hydrogens (tertiary/aromatic N) is 1. The summed E-state index contributed by atoms with van der Waals surface area (Å²) < 4.78 is 23.4. The summed E-state index contributed by atoms with van der Waals surface area (Å²) in [5, 5.41) is 0.852. The molecule has 0 radical (unpaired) electrons. The van der Waals surface area contributed by atoms with Crippen LogP contribution >= 0.6 is 11.3 Å². The monoisotopic (exact) mass is 203 g/mol. The van der Waals surface area contributed by atoms with Crippen LogP contribution in [0.4, 0.5) is 0 Å². The van der Waals surface area contributed by atoms with E-state index in [1.54, 1.807) is 0 Å². The number of thiazole rings is 1. The van der Waals surface area contributed by atoms with Gasteiger partial charge < -0.3 is 0 Å². The number of hydrogen-bond donors (Lipinski definition) is 0. The fourth-order valence-corrected chi connectivity index (χ4v) is 4.40. The molecule has 0 unspecified atom stereocenters. The Morgan fingerprint density at radius 2 is 2.25 bits per heavy atom. The van der Waals surface area contributed by atoms with E-state index in [0.29, 0.717) is 9.96 Å². The lowest BCUT2D eigenvalue weighted by atomic mass is 10.3. The van der Waals surface area contributed by atoms with Crippen molar-refractivity contribution in [2.24, 2.45) is 0 Å². The Hall–Kier alpha value is -0.420. The highest BCUT2D eigenvalue weighted by atomic mass is 32.2. The quantitative estimate of drug-likeness (QED) is 0.636. The van der Waals surface area contributed by atoms with Gasteiger partial charge in [0.05, 0.1) is 16.5 Å². The summed E-state index contributed by atoms with van der Waals surface area (Å²) in [5.41, 5.74) is 0.781. The van der Waals surface area contributed by atoms with Gasteiger partial charge in [0.25, 0.3) is 0 Å². The van der Waals surface area contributed by atoms with Gasteiger partial charge in [-0.3, -0.25) is 0 Å². The Labute approximate surface area is 75.4 Å². The van der Waals surface area contributed by atoms with E-state index in [0.717, 1.165) is 23.5 Å². The van der Waals surface area contributed by atoms with Crippen LogP contribution in [-0.4, -0.2) is 19.2 Å². The van der Waals surface area contributed by atoms with Crippen molar-refractivity contribution in [2.45, 2.75) is 24.0 Å². The maximum absolute atomic E-state index is 11.5. The number of aryl methyl sites for hydroxylation is 2. The van der Waals surface area contributed by atoms with Crippen LogP contribution in [0, 0.1) is 6.92 Å². The van der Waals surface area contributed by atoms with Crippen molar-refractivity contribution in [3.05, 3.63) is 10.7 Å². The first-order valence-corrected chi connectivity index (χ1v) is 6.25. The van der Waals surface area contributed by atoms with E-state index in [4.69, 9.17) is 0 Å². The number of aromatic nitrogens is 1. The zero-order valence-corrected chi connectivity index (χ0v) is 8.33. The third kappa shape index (κ3) is 1.17. The lowest BCUT2D eigenvalue weighted by molar-refractivity contribution is 0.588. The topological polar surface area (TPSA) is 47.0 Å². The molecule has 0 bridgehead atoms. The highest BCUT2D eigenvalue weighted by molar-refractivity contribution is 7.93. The summed E-state index contributed by atoms with van der Waals surface area (Å²) in [7, 11) is -2.97. The molecule has 1 aliphatic heterocycles. The molecule has 0 saturated heterocycles. The van der Waals surface area contributed by atoms with Gasteiger partial charge in [-0.1, -0.05) is 0 Å². The molecule has 0 amide bonds. The fourth-order valence-electron chi connectivity index (χ4n) is 1.37. The van der Waals surface area contributed by atoms with Crippen LogP contribution in [0.3, 0.4) is 0 Å². The van der Waals surface area contributed by atoms with Gasteiger partial charge in [-0.05, 0) is 19.8 Å². The largest absolute Gasteiger partial charge is 0.245 e. The third-order valence-corrected chi connectivity index (χ3v) is 5.32. The lowest BCUT2D eigenvalue weighted by Gasteiger charge is -2.08. The van der Waals surface area contributed by atoms with Crippen molar-refractivity contribution in [3.8, 4) is 0 Å². The molecule has 2 rings (SSSR count). The second-order valence-electron chi connectivity index (χ2n) is 2.89. The minimum atomic E-state index is -2.97. The maximum Gasteiger partial charge on any atom is 0.189 e. The summed E-state index contributed by atoms with van der Waals surface area (Å²) in [5.74, 6) is 0.293. The van der Waals surface area contributed by atoms with Crippen LogP contribution < -0.4 is 0 Å². The summed E-state index contributed by atoms with van der Waals surface area (Å²) in [6.07, 6.45) is 1.54. The molecular weight excluding hydrogens is 194 g/mol. The van der Waals surface area contributed by atoms with E-state index < -0.39 is 9.84 Å². The van der Waals surface area contributed by atoms with Crippen molar-refractivity contribution in [2.75, 3.05) is 5.75 Å². The van der Waals surface area contributed by atoms with Crippen molar-refractivity contribution >= 4 is 21.2 Å². The van der Waals surface area contributed by atoms with Crippen LogP contribution in [0.5, 0.6) is 0 Å². The first-order chi connectivity index (χ1) is 5.59. The zero-order valence-electron chi connectivity index (χ0n) is 6.70. The molecule has 0 fully saturated rings. The van der Waals surface area contributed by atoms with Crippen LogP contribution in [0.15, 0.2) is 4.21 Å². The molecule has 0 atom stereocenters. The number of sulfone groups is 1. The second-order valence-corrected chi connectivity index (χ2v) is 6.40. The minimum Gasteiger partial charge on any atom is -0.245 e. The number of rotatable bonds is 0. The van der Waals surface area contributed by atoms with Gasteiger partial charge >= 0.3 is 0 Å². The van der Waals surface area contributed by atoms with Crippen molar-refractivity contribution < 1.29 is 8.42 Å². The molecule has 1 aromatic rings. The van der Waals surface area contributed by atoms with Crippen molar-refractivity contribution in [1.82, 2.24) is 4.98 Å². The van der Waals surface area contributed by atoms with E-state index in [-0.39, 0.29) is 0 Å². The Morgan fingerprint density at radius 1 is 1.50 bits per heavy atom. The molecule has 0 spiro atoms. The molecule has 1 aromatic heterocycles. The SMILES string of the molecule is Cc1nc2c(s1)S(=O)(=O)CCC2. The van der Waals surface area contributed by atoms with E-state index >= 15 is 0 Å². The fraction of sp³-hybridized carbons (Fsp3) is 0.571. The van der Waals surface area contributed by atoms with Gasteiger partial charge in [0.15, 0.2) is 9.84 Å². The molecular formula is C7H9NO2S2. The van der Waals surface area contributed by atoms with Gasteiger partial charge in [-0.15, -0.1) is 11.3 Å².